The van der Waals surface area contributed by atoms with E-state index in [1.54, 1.807) is 37.5 Å². The second-order valence-corrected chi connectivity index (χ2v) is 10.7. The number of sulfonamides is 1. The van der Waals surface area contributed by atoms with Gasteiger partial charge in [-0.3, -0.25) is 9.52 Å². The molecule has 0 atom stereocenters. The molecule has 0 radical (unpaired) electrons. The zero-order valence-corrected chi connectivity index (χ0v) is 21.7. The number of amides is 1. The first-order valence-electron chi connectivity index (χ1n) is 11.5. The minimum absolute atomic E-state index is 0.0389. The van der Waals surface area contributed by atoms with Crippen molar-refractivity contribution in [2.75, 3.05) is 4.72 Å². The Bertz CT molecular complexity index is 1410. The van der Waals surface area contributed by atoms with Crippen LogP contribution >= 0.6 is 0 Å². The summed E-state index contributed by atoms with van der Waals surface area (Å²) in [6, 6.07) is 14.3. The normalized spacial score (nSPS) is 14.2. The van der Waals surface area contributed by atoms with Crippen LogP contribution in [0.15, 0.2) is 64.1 Å². The first-order chi connectivity index (χ1) is 17.7. The van der Waals surface area contributed by atoms with Gasteiger partial charge in [-0.25, -0.2) is 13.2 Å². The van der Waals surface area contributed by atoms with Crippen molar-refractivity contribution in [2.45, 2.75) is 56.6 Å². The van der Waals surface area contributed by atoms with E-state index in [9.17, 15) is 26.4 Å². The lowest BCUT2D eigenvalue weighted by atomic mass is 9.95. The number of hydrogen-bond acceptors (Lipinski definition) is 5. The first kappa shape index (κ1) is 28.8. The Balaban J connectivity index is 0.000000505. The SMILES string of the molecule is Cc1cc(C)c(S(=O)(=O)Nc2ccc(C3(C(=O)NCc4ccco4)CC3)cc2)cc1C.O=C(O)C(F)(F)F. The van der Waals surface area contributed by atoms with Crippen molar-refractivity contribution >= 4 is 27.6 Å². The molecule has 0 bridgehead atoms. The molecule has 38 heavy (non-hydrogen) atoms. The molecule has 0 spiro atoms. The van der Waals surface area contributed by atoms with E-state index in [4.69, 9.17) is 14.3 Å². The van der Waals surface area contributed by atoms with Crippen LogP contribution in [-0.2, 0) is 31.6 Å². The Morgan fingerprint density at radius 2 is 1.58 bits per heavy atom. The molecule has 0 unspecified atom stereocenters. The lowest BCUT2D eigenvalue weighted by Crippen LogP contribution is -2.34. The van der Waals surface area contributed by atoms with E-state index in [0.717, 1.165) is 29.5 Å². The minimum Gasteiger partial charge on any atom is -0.475 e. The van der Waals surface area contributed by atoms with Crippen LogP contribution in [0, 0.1) is 20.8 Å². The fourth-order valence-electron chi connectivity index (χ4n) is 3.81. The third kappa shape index (κ3) is 6.74. The van der Waals surface area contributed by atoms with E-state index in [0.29, 0.717) is 23.6 Å². The number of halogens is 3. The van der Waals surface area contributed by atoms with Crippen LogP contribution in [0.5, 0.6) is 0 Å². The van der Waals surface area contributed by atoms with Gasteiger partial charge >= 0.3 is 12.1 Å². The third-order valence-electron chi connectivity index (χ3n) is 6.20. The summed E-state index contributed by atoms with van der Waals surface area (Å²) in [6.45, 7) is 6.00. The number of benzene rings is 2. The molecule has 1 aliphatic rings. The minimum atomic E-state index is -5.08. The average Bonchev–Trinajstić information content (AvgIpc) is 3.47. The molecule has 3 aromatic rings. The van der Waals surface area contributed by atoms with E-state index in [1.807, 2.05) is 38.1 Å². The Morgan fingerprint density at radius 1 is 1.00 bits per heavy atom. The summed E-state index contributed by atoms with van der Waals surface area (Å²) in [5.74, 6) is -2.09. The van der Waals surface area contributed by atoms with Gasteiger partial charge in [0.2, 0.25) is 5.91 Å². The predicted octanol–water partition coefficient (Wildman–Crippen LogP) is 4.99. The van der Waals surface area contributed by atoms with Crippen LogP contribution in [0.2, 0.25) is 0 Å². The maximum atomic E-state index is 12.9. The Morgan fingerprint density at radius 3 is 2.08 bits per heavy atom. The molecule has 12 heteroatoms. The summed E-state index contributed by atoms with van der Waals surface area (Å²) in [7, 11) is -3.71. The molecule has 8 nitrogen and oxygen atoms in total. The molecular formula is C26H27F3N2O6S. The van der Waals surface area contributed by atoms with E-state index in [2.05, 4.69) is 10.0 Å². The second-order valence-electron chi connectivity index (χ2n) is 9.03. The van der Waals surface area contributed by atoms with Crippen molar-refractivity contribution in [3.63, 3.8) is 0 Å². The van der Waals surface area contributed by atoms with Gasteiger partial charge in [-0.2, -0.15) is 13.2 Å². The molecule has 204 valence electrons. The quantitative estimate of drug-likeness (QED) is 0.379. The number of hydrogen-bond donors (Lipinski definition) is 3. The van der Waals surface area contributed by atoms with Gasteiger partial charge in [-0.15, -0.1) is 0 Å². The van der Waals surface area contributed by atoms with Crippen molar-refractivity contribution < 1.29 is 40.7 Å². The van der Waals surface area contributed by atoms with Crippen molar-refractivity contribution in [3.8, 4) is 0 Å². The first-order valence-corrected chi connectivity index (χ1v) is 13.0. The van der Waals surface area contributed by atoms with Gasteiger partial charge in [0.05, 0.1) is 23.1 Å². The molecule has 0 aliphatic heterocycles. The topological polar surface area (TPSA) is 126 Å². The van der Waals surface area contributed by atoms with Crippen molar-refractivity contribution in [1.82, 2.24) is 5.32 Å². The van der Waals surface area contributed by atoms with Crippen LogP contribution in [-0.4, -0.2) is 31.6 Å². The molecule has 1 saturated carbocycles. The molecule has 2 aromatic carbocycles. The summed E-state index contributed by atoms with van der Waals surface area (Å²) < 4.78 is 65.5. The van der Waals surface area contributed by atoms with Gasteiger partial charge in [-0.05, 0) is 86.2 Å². The van der Waals surface area contributed by atoms with Crippen LogP contribution < -0.4 is 10.0 Å². The largest absolute Gasteiger partial charge is 0.490 e. The molecule has 4 rings (SSSR count). The number of furan rings is 1. The van der Waals surface area contributed by atoms with Gasteiger partial charge in [0.1, 0.15) is 5.76 Å². The molecule has 3 N–H and O–H groups in total. The van der Waals surface area contributed by atoms with E-state index in [-0.39, 0.29) is 10.8 Å². The fraction of sp³-hybridized carbons (Fsp3) is 0.308. The number of carboxylic acids is 1. The highest BCUT2D eigenvalue weighted by Crippen LogP contribution is 2.48. The second kappa shape index (κ2) is 10.9. The van der Waals surface area contributed by atoms with Gasteiger partial charge in [0.25, 0.3) is 10.0 Å². The molecule has 1 heterocycles. The molecule has 0 saturated heterocycles. The van der Waals surface area contributed by atoms with Crippen LogP contribution in [0.4, 0.5) is 18.9 Å². The highest BCUT2D eigenvalue weighted by Gasteiger charge is 2.51. The number of carbonyl (C=O) groups excluding carboxylic acids is 1. The van der Waals surface area contributed by atoms with Crippen molar-refractivity contribution in [3.05, 3.63) is 82.8 Å². The molecule has 1 aliphatic carbocycles. The number of aliphatic carboxylic acids is 1. The van der Waals surface area contributed by atoms with Crippen LogP contribution in [0.25, 0.3) is 0 Å². The monoisotopic (exact) mass is 552 g/mol. The Hall–Kier alpha value is -3.80. The number of alkyl halides is 3. The zero-order valence-electron chi connectivity index (χ0n) is 20.8. The molecule has 1 fully saturated rings. The summed E-state index contributed by atoms with van der Waals surface area (Å²) in [4.78, 5) is 21.9. The van der Waals surface area contributed by atoms with Gasteiger partial charge in [0, 0.05) is 5.69 Å². The number of rotatable bonds is 7. The van der Waals surface area contributed by atoms with Gasteiger partial charge < -0.3 is 14.8 Å². The smallest absolute Gasteiger partial charge is 0.475 e. The maximum absolute atomic E-state index is 12.9. The van der Waals surface area contributed by atoms with E-state index in [1.165, 1.54) is 0 Å². The summed E-state index contributed by atoms with van der Waals surface area (Å²) >= 11 is 0. The number of carbonyl (C=O) groups is 2. The predicted molar refractivity (Wildman–Crippen MR) is 133 cm³/mol. The van der Waals surface area contributed by atoms with Crippen LogP contribution in [0.1, 0.15) is 40.9 Å². The number of anilines is 1. The van der Waals surface area contributed by atoms with Gasteiger partial charge in [0.15, 0.2) is 0 Å². The summed E-state index contributed by atoms with van der Waals surface area (Å²) in [5, 5.41) is 10.1. The highest BCUT2D eigenvalue weighted by atomic mass is 32.2. The van der Waals surface area contributed by atoms with Crippen LogP contribution in [0.3, 0.4) is 0 Å². The molecule has 1 aromatic heterocycles. The Labute approximate surface area is 217 Å². The molecular weight excluding hydrogens is 525 g/mol. The highest BCUT2D eigenvalue weighted by molar-refractivity contribution is 7.92. The lowest BCUT2D eigenvalue weighted by Gasteiger charge is -2.17. The molecule has 1 amide bonds. The van der Waals surface area contributed by atoms with E-state index < -0.39 is 27.6 Å². The zero-order chi connectivity index (χ0) is 28.3. The standard InChI is InChI=1S/C24H26N2O4S.C2HF3O2/c1-16-13-18(3)22(14-17(16)2)31(28,29)26-20-8-6-19(7-9-20)24(10-11-24)23(27)25-15-21-5-4-12-30-21;3-2(4,5)1(6)7/h4-9,12-14,26H,10-11,15H2,1-3H3,(H,25,27);(H,6,7). The summed E-state index contributed by atoms with van der Waals surface area (Å²) in [5.41, 5.74) is 3.49. The third-order valence-corrected chi connectivity index (χ3v) is 7.72. The Kier molecular flexibility index (Phi) is 8.25. The fourth-order valence-corrected chi connectivity index (χ4v) is 5.18. The van der Waals surface area contributed by atoms with E-state index >= 15 is 0 Å². The maximum Gasteiger partial charge on any atom is 0.490 e. The number of carboxylic acid groups (broad SMARTS) is 1. The van der Waals surface area contributed by atoms with Crippen molar-refractivity contribution in [1.29, 1.82) is 0 Å². The summed E-state index contributed by atoms with van der Waals surface area (Å²) in [6.07, 6.45) is -1.97. The average molecular weight is 553 g/mol. The van der Waals surface area contributed by atoms with Gasteiger partial charge in [-0.1, -0.05) is 18.2 Å². The lowest BCUT2D eigenvalue weighted by molar-refractivity contribution is -0.192. The number of aryl methyl sites for hydroxylation is 3. The van der Waals surface area contributed by atoms with Crippen molar-refractivity contribution in [2.24, 2.45) is 0 Å². The number of nitrogens with one attached hydrogen (secondary N) is 2.